The molecule has 0 amide bonds. The summed E-state index contributed by atoms with van der Waals surface area (Å²) in [7, 11) is 0. The lowest BCUT2D eigenvalue weighted by Gasteiger charge is -2.07. The first-order chi connectivity index (χ1) is 5.95. The highest BCUT2D eigenvalue weighted by molar-refractivity contribution is 6.31. The molecule has 0 fully saturated rings. The fourth-order valence-electron chi connectivity index (χ4n) is 0.881. The van der Waals surface area contributed by atoms with E-state index in [1.807, 2.05) is 0 Å². The molecule has 1 aromatic heterocycles. The quantitative estimate of drug-likeness (QED) is 0.797. The predicted octanol–water partition coefficient (Wildman–Crippen LogP) is 3.48. The van der Waals surface area contributed by atoms with Crippen molar-refractivity contribution in [2.45, 2.75) is 19.5 Å². The number of alkyl halides is 3. The molecule has 1 rings (SSSR count). The molecular weight excluding hydrogens is 217 g/mol. The van der Waals surface area contributed by atoms with Crippen LogP contribution in [0, 0.1) is 0 Å². The third-order valence-corrected chi connectivity index (χ3v) is 1.91. The summed E-state index contributed by atoms with van der Waals surface area (Å²) in [4.78, 5) is 3.61. The summed E-state index contributed by atoms with van der Waals surface area (Å²) in [5.74, 6) is 0. The first kappa shape index (κ1) is 13.2. The summed E-state index contributed by atoms with van der Waals surface area (Å²) < 4.78 is 36.3. The van der Waals surface area contributed by atoms with E-state index >= 15 is 0 Å². The van der Waals surface area contributed by atoms with E-state index in [1.54, 1.807) is 6.92 Å². The van der Waals surface area contributed by atoms with E-state index in [-0.39, 0.29) is 11.2 Å². The Hall–Kier alpha value is -0.810. The molecule has 0 aliphatic carbocycles. The zero-order valence-electron chi connectivity index (χ0n) is 7.53. The normalized spacial score (nSPS) is 10.9. The van der Waals surface area contributed by atoms with Crippen molar-refractivity contribution in [2.24, 2.45) is 0 Å². The molecule has 0 bridgehead atoms. The molecule has 3 N–H and O–H groups in total. The van der Waals surface area contributed by atoms with Gasteiger partial charge in [-0.2, -0.15) is 13.2 Å². The second-order valence-electron chi connectivity index (χ2n) is 2.50. The fourth-order valence-corrected chi connectivity index (χ4v) is 1.18. The van der Waals surface area contributed by atoms with Crippen molar-refractivity contribution in [3.63, 3.8) is 0 Å². The van der Waals surface area contributed by atoms with Crippen molar-refractivity contribution in [1.29, 1.82) is 0 Å². The van der Waals surface area contributed by atoms with Crippen LogP contribution in [0.2, 0.25) is 5.02 Å². The minimum absolute atomic E-state index is 0. The van der Waals surface area contributed by atoms with Gasteiger partial charge in [0.25, 0.3) is 0 Å². The average Bonchev–Trinajstić information content (AvgIpc) is 2.02. The van der Waals surface area contributed by atoms with Crippen LogP contribution in [-0.4, -0.2) is 4.98 Å². The van der Waals surface area contributed by atoms with E-state index in [0.29, 0.717) is 12.1 Å². The van der Waals surface area contributed by atoms with E-state index < -0.39 is 11.7 Å². The minimum atomic E-state index is -4.37. The van der Waals surface area contributed by atoms with Gasteiger partial charge >= 0.3 is 6.18 Å². The van der Waals surface area contributed by atoms with Crippen LogP contribution < -0.4 is 6.15 Å². The highest BCUT2D eigenvalue weighted by Gasteiger charge is 2.31. The van der Waals surface area contributed by atoms with E-state index in [9.17, 15) is 13.2 Å². The van der Waals surface area contributed by atoms with Crippen molar-refractivity contribution < 1.29 is 13.2 Å². The van der Waals surface area contributed by atoms with Crippen LogP contribution in [0.4, 0.5) is 13.2 Å². The fraction of sp³-hybridized carbons (Fsp3) is 0.375. The molecule has 80 valence electrons. The lowest BCUT2D eigenvalue weighted by Crippen LogP contribution is -2.06. The van der Waals surface area contributed by atoms with Crippen LogP contribution >= 0.6 is 11.6 Å². The summed E-state index contributed by atoms with van der Waals surface area (Å²) in [5.41, 5.74) is -0.329. The van der Waals surface area contributed by atoms with E-state index in [0.717, 1.165) is 12.3 Å². The van der Waals surface area contributed by atoms with Gasteiger partial charge in [0.05, 0.1) is 16.3 Å². The van der Waals surface area contributed by atoms with Crippen LogP contribution in [0.15, 0.2) is 12.3 Å². The SMILES string of the molecule is CCc1ncc(C(F)(F)F)cc1Cl.N. The van der Waals surface area contributed by atoms with Gasteiger partial charge in [-0.1, -0.05) is 18.5 Å². The smallest absolute Gasteiger partial charge is 0.344 e. The van der Waals surface area contributed by atoms with Crippen molar-refractivity contribution in [3.8, 4) is 0 Å². The molecule has 14 heavy (non-hydrogen) atoms. The third-order valence-electron chi connectivity index (χ3n) is 1.58. The molecule has 0 saturated heterocycles. The standard InChI is InChI=1S/C8H7ClF3N.H3N/c1-2-7-6(9)3-5(4-13-7)8(10,11)12;/h3-4H,2H2,1H3;1H3. The summed E-state index contributed by atoms with van der Waals surface area (Å²) in [6.45, 7) is 1.78. The number of hydrogen-bond donors (Lipinski definition) is 1. The highest BCUT2D eigenvalue weighted by Crippen LogP contribution is 2.30. The number of aromatic nitrogens is 1. The van der Waals surface area contributed by atoms with Gasteiger partial charge in [0.15, 0.2) is 0 Å². The Balaban J connectivity index is 0.00000169. The first-order valence-corrected chi connectivity index (χ1v) is 4.04. The highest BCUT2D eigenvalue weighted by atomic mass is 35.5. The second kappa shape index (κ2) is 4.61. The molecule has 1 aromatic rings. The molecule has 0 radical (unpaired) electrons. The average molecular weight is 227 g/mol. The Bertz CT molecular complexity index is 312. The van der Waals surface area contributed by atoms with Crippen LogP contribution in [0.1, 0.15) is 18.2 Å². The molecule has 0 atom stereocenters. The molecule has 0 spiro atoms. The second-order valence-corrected chi connectivity index (χ2v) is 2.91. The molecule has 1 heterocycles. The number of halogens is 4. The van der Waals surface area contributed by atoms with Gasteiger partial charge < -0.3 is 6.15 Å². The Labute approximate surface area is 84.7 Å². The topological polar surface area (TPSA) is 47.9 Å². The lowest BCUT2D eigenvalue weighted by molar-refractivity contribution is -0.137. The van der Waals surface area contributed by atoms with Crippen LogP contribution in [-0.2, 0) is 12.6 Å². The van der Waals surface area contributed by atoms with E-state index in [1.165, 1.54) is 0 Å². The van der Waals surface area contributed by atoms with Crippen molar-refractivity contribution in [1.82, 2.24) is 11.1 Å². The van der Waals surface area contributed by atoms with E-state index in [2.05, 4.69) is 4.98 Å². The van der Waals surface area contributed by atoms with Gasteiger partial charge in [0.1, 0.15) is 0 Å². The number of aryl methyl sites for hydroxylation is 1. The van der Waals surface area contributed by atoms with Gasteiger partial charge in [-0.05, 0) is 12.5 Å². The van der Waals surface area contributed by atoms with Crippen LogP contribution in [0.25, 0.3) is 0 Å². The van der Waals surface area contributed by atoms with Gasteiger partial charge in [-0.3, -0.25) is 4.98 Å². The third kappa shape index (κ3) is 2.85. The van der Waals surface area contributed by atoms with Gasteiger partial charge in [0, 0.05) is 6.20 Å². The van der Waals surface area contributed by atoms with Gasteiger partial charge in [0.2, 0.25) is 0 Å². The Kier molecular flexibility index (Phi) is 4.35. The van der Waals surface area contributed by atoms with Crippen molar-refractivity contribution in [3.05, 3.63) is 28.5 Å². The molecular formula is C8H10ClF3N2. The number of hydrogen-bond acceptors (Lipinski definition) is 2. The summed E-state index contributed by atoms with van der Waals surface area (Å²) in [6, 6.07) is 0.896. The molecule has 0 aliphatic rings. The number of nitrogens with zero attached hydrogens (tertiary/aromatic N) is 1. The molecule has 0 saturated carbocycles. The minimum Gasteiger partial charge on any atom is -0.344 e. The summed E-state index contributed by atoms with van der Waals surface area (Å²) in [6.07, 6.45) is -3.05. The van der Waals surface area contributed by atoms with E-state index in [4.69, 9.17) is 11.6 Å². The summed E-state index contributed by atoms with van der Waals surface area (Å²) >= 11 is 5.57. The zero-order chi connectivity index (χ0) is 10.1. The van der Waals surface area contributed by atoms with Crippen LogP contribution in [0.5, 0.6) is 0 Å². The number of rotatable bonds is 1. The van der Waals surface area contributed by atoms with Crippen molar-refractivity contribution >= 4 is 11.6 Å². The summed E-state index contributed by atoms with van der Waals surface area (Å²) in [5, 5.41) is 0.0670. The maximum absolute atomic E-state index is 12.1. The predicted molar refractivity (Wildman–Crippen MR) is 48.6 cm³/mol. The lowest BCUT2D eigenvalue weighted by atomic mass is 10.2. The molecule has 0 aromatic carbocycles. The largest absolute Gasteiger partial charge is 0.417 e. The number of pyridine rings is 1. The molecule has 0 aliphatic heterocycles. The maximum atomic E-state index is 12.1. The van der Waals surface area contributed by atoms with Crippen molar-refractivity contribution in [2.75, 3.05) is 0 Å². The van der Waals surface area contributed by atoms with Gasteiger partial charge in [-0.25, -0.2) is 0 Å². The first-order valence-electron chi connectivity index (χ1n) is 3.66. The van der Waals surface area contributed by atoms with Crippen LogP contribution in [0.3, 0.4) is 0 Å². The zero-order valence-corrected chi connectivity index (χ0v) is 8.28. The Morgan fingerprint density at radius 2 is 2.00 bits per heavy atom. The molecule has 6 heteroatoms. The molecule has 2 nitrogen and oxygen atoms in total. The Morgan fingerprint density at radius 1 is 1.43 bits per heavy atom. The maximum Gasteiger partial charge on any atom is 0.417 e. The van der Waals surface area contributed by atoms with Gasteiger partial charge in [-0.15, -0.1) is 0 Å². The Morgan fingerprint density at radius 3 is 2.36 bits per heavy atom. The monoisotopic (exact) mass is 226 g/mol. The molecule has 0 unspecified atom stereocenters.